The lowest BCUT2D eigenvalue weighted by atomic mass is 10.1. The molecule has 2 rings (SSSR count). The molecule has 0 radical (unpaired) electrons. The van der Waals surface area contributed by atoms with E-state index in [4.69, 9.17) is 0 Å². The number of amides is 1. The minimum absolute atomic E-state index is 0.0185. The van der Waals surface area contributed by atoms with E-state index < -0.39 is 0 Å². The van der Waals surface area contributed by atoms with E-state index in [-0.39, 0.29) is 12.5 Å². The Bertz CT molecular complexity index is 451. The summed E-state index contributed by atoms with van der Waals surface area (Å²) in [5.41, 5.74) is 1.80. The lowest BCUT2D eigenvalue weighted by Crippen LogP contribution is -2.34. The van der Waals surface area contributed by atoms with E-state index in [0.717, 1.165) is 35.2 Å². The highest BCUT2D eigenvalue weighted by Crippen LogP contribution is 2.25. The fourth-order valence-corrected chi connectivity index (χ4v) is 2.59. The van der Waals surface area contributed by atoms with Crippen molar-refractivity contribution in [1.82, 2.24) is 4.90 Å². The Balaban J connectivity index is 2.27. The number of aliphatic hydroxyl groups is 1. The molecule has 0 atom stereocenters. The molecule has 18 heavy (non-hydrogen) atoms. The van der Waals surface area contributed by atoms with Gasteiger partial charge in [-0.15, -0.1) is 0 Å². The quantitative estimate of drug-likeness (QED) is 0.902. The molecule has 1 heterocycles. The Morgan fingerprint density at radius 3 is 2.89 bits per heavy atom. The summed E-state index contributed by atoms with van der Waals surface area (Å²) in [7, 11) is 1.83. The van der Waals surface area contributed by atoms with Gasteiger partial charge in [-0.05, 0) is 24.6 Å². The first-order chi connectivity index (χ1) is 8.61. The normalized spacial score (nSPS) is 16.9. The third-order valence-electron chi connectivity index (χ3n) is 3.23. The average molecular weight is 313 g/mol. The molecular formula is C13H17BrN2O2. The van der Waals surface area contributed by atoms with Crippen molar-refractivity contribution in [3.8, 4) is 0 Å². The third-order valence-corrected chi connectivity index (χ3v) is 3.72. The van der Waals surface area contributed by atoms with Crippen LogP contribution in [0.3, 0.4) is 0 Å². The van der Waals surface area contributed by atoms with Crippen LogP contribution >= 0.6 is 15.9 Å². The molecule has 0 unspecified atom stereocenters. The van der Waals surface area contributed by atoms with Crippen molar-refractivity contribution in [3.05, 3.63) is 28.2 Å². The summed E-state index contributed by atoms with van der Waals surface area (Å²) in [5.74, 6) is 0.124. The van der Waals surface area contributed by atoms with Crippen LogP contribution in [0.1, 0.15) is 12.0 Å². The predicted molar refractivity (Wildman–Crippen MR) is 74.5 cm³/mol. The van der Waals surface area contributed by atoms with Gasteiger partial charge in [-0.1, -0.05) is 15.9 Å². The second-order valence-electron chi connectivity index (χ2n) is 4.52. The summed E-state index contributed by atoms with van der Waals surface area (Å²) >= 11 is 3.39. The van der Waals surface area contributed by atoms with Crippen LogP contribution in [0, 0.1) is 0 Å². The van der Waals surface area contributed by atoms with E-state index in [0.29, 0.717) is 6.54 Å². The van der Waals surface area contributed by atoms with E-state index in [1.807, 2.05) is 30.1 Å². The van der Waals surface area contributed by atoms with Gasteiger partial charge in [-0.3, -0.25) is 4.79 Å². The number of carbonyl (C=O) groups excluding carboxylic acids is 1. The number of hydrogen-bond donors (Lipinski definition) is 1. The van der Waals surface area contributed by atoms with Crippen molar-refractivity contribution in [2.45, 2.75) is 13.0 Å². The Labute approximate surface area is 115 Å². The van der Waals surface area contributed by atoms with Crippen molar-refractivity contribution in [2.75, 3.05) is 31.6 Å². The summed E-state index contributed by atoms with van der Waals surface area (Å²) < 4.78 is 0.938. The van der Waals surface area contributed by atoms with E-state index in [1.165, 1.54) is 0 Å². The lowest BCUT2D eigenvalue weighted by Gasteiger charge is -2.24. The monoisotopic (exact) mass is 312 g/mol. The standard InChI is InChI=1S/C13H17BrN2O2/c1-15-5-2-6-16(8-13(15)18)12-4-3-11(14)7-10(12)9-17/h3-4,7,17H,2,5-6,8-9H2,1H3. The Kier molecular flexibility index (Phi) is 4.24. The SMILES string of the molecule is CN1CCCN(c2ccc(Br)cc2CO)CC1=O. The molecule has 1 aliphatic rings. The molecule has 0 aromatic heterocycles. The van der Waals surface area contributed by atoms with Crippen LogP contribution in [0.15, 0.2) is 22.7 Å². The zero-order valence-corrected chi connectivity index (χ0v) is 12.0. The second kappa shape index (κ2) is 5.71. The zero-order valence-electron chi connectivity index (χ0n) is 10.4. The van der Waals surface area contributed by atoms with Gasteiger partial charge in [0.1, 0.15) is 0 Å². The smallest absolute Gasteiger partial charge is 0.241 e. The Morgan fingerprint density at radius 2 is 2.17 bits per heavy atom. The molecule has 1 N–H and O–H groups in total. The molecule has 1 aromatic carbocycles. The molecule has 5 heteroatoms. The first-order valence-electron chi connectivity index (χ1n) is 6.00. The van der Waals surface area contributed by atoms with Crippen LogP contribution < -0.4 is 4.90 Å². The topological polar surface area (TPSA) is 43.8 Å². The number of halogens is 1. The van der Waals surface area contributed by atoms with Gasteiger partial charge in [0.05, 0.1) is 13.2 Å². The van der Waals surface area contributed by atoms with Gasteiger partial charge in [0.15, 0.2) is 0 Å². The molecule has 0 spiro atoms. The molecule has 1 amide bonds. The largest absolute Gasteiger partial charge is 0.392 e. The van der Waals surface area contributed by atoms with E-state index in [1.54, 1.807) is 4.90 Å². The summed E-state index contributed by atoms with van der Waals surface area (Å²) in [5, 5.41) is 9.42. The van der Waals surface area contributed by atoms with Gasteiger partial charge >= 0.3 is 0 Å². The number of anilines is 1. The van der Waals surface area contributed by atoms with Crippen molar-refractivity contribution >= 4 is 27.5 Å². The lowest BCUT2D eigenvalue weighted by molar-refractivity contribution is -0.127. The maximum atomic E-state index is 11.9. The number of benzene rings is 1. The van der Waals surface area contributed by atoms with Crippen molar-refractivity contribution < 1.29 is 9.90 Å². The van der Waals surface area contributed by atoms with Gasteiger partial charge in [-0.2, -0.15) is 0 Å². The van der Waals surface area contributed by atoms with Crippen LogP contribution in [0.5, 0.6) is 0 Å². The third kappa shape index (κ3) is 2.84. The summed E-state index contributed by atoms with van der Waals surface area (Å²) in [6, 6.07) is 5.79. The van der Waals surface area contributed by atoms with Crippen LogP contribution in [0.4, 0.5) is 5.69 Å². The Hall–Kier alpha value is -1.07. The molecule has 1 fully saturated rings. The summed E-state index contributed by atoms with van der Waals surface area (Å²) in [6.07, 6.45) is 0.948. The fourth-order valence-electron chi connectivity index (χ4n) is 2.18. The fraction of sp³-hybridized carbons (Fsp3) is 0.462. The summed E-state index contributed by atoms with van der Waals surface area (Å²) in [6.45, 7) is 1.99. The highest BCUT2D eigenvalue weighted by Gasteiger charge is 2.20. The van der Waals surface area contributed by atoms with Crippen LogP contribution in [-0.2, 0) is 11.4 Å². The minimum Gasteiger partial charge on any atom is -0.392 e. The van der Waals surface area contributed by atoms with Gasteiger partial charge in [-0.25, -0.2) is 0 Å². The number of aliphatic hydroxyl groups excluding tert-OH is 1. The Morgan fingerprint density at radius 1 is 1.39 bits per heavy atom. The van der Waals surface area contributed by atoms with E-state index in [2.05, 4.69) is 15.9 Å². The first-order valence-corrected chi connectivity index (χ1v) is 6.79. The van der Waals surface area contributed by atoms with Crippen molar-refractivity contribution in [2.24, 2.45) is 0 Å². The van der Waals surface area contributed by atoms with Crippen molar-refractivity contribution in [3.63, 3.8) is 0 Å². The number of hydrogen-bond acceptors (Lipinski definition) is 3. The number of rotatable bonds is 2. The van der Waals surface area contributed by atoms with Crippen molar-refractivity contribution in [1.29, 1.82) is 0 Å². The molecule has 0 saturated carbocycles. The number of likely N-dealkylation sites (N-methyl/N-ethyl adjacent to an activating group) is 1. The molecular weight excluding hydrogens is 296 g/mol. The van der Waals surface area contributed by atoms with Crippen LogP contribution in [0.25, 0.3) is 0 Å². The van der Waals surface area contributed by atoms with Gasteiger partial charge in [0, 0.05) is 35.9 Å². The summed E-state index contributed by atoms with van der Waals surface area (Å²) in [4.78, 5) is 15.7. The average Bonchev–Trinajstić information content (AvgIpc) is 2.52. The maximum Gasteiger partial charge on any atom is 0.241 e. The predicted octanol–water partition coefficient (Wildman–Crippen LogP) is 1.61. The van der Waals surface area contributed by atoms with Crippen LogP contribution in [0.2, 0.25) is 0 Å². The zero-order chi connectivity index (χ0) is 13.1. The molecule has 1 saturated heterocycles. The van der Waals surface area contributed by atoms with E-state index in [9.17, 15) is 9.90 Å². The molecule has 0 aliphatic carbocycles. The minimum atomic E-state index is -0.0185. The molecule has 1 aromatic rings. The van der Waals surface area contributed by atoms with Gasteiger partial charge < -0.3 is 14.9 Å². The number of carbonyl (C=O) groups is 1. The molecule has 98 valence electrons. The van der Waals surface area contributed by atoms with Crippen LogP contribution in [-0.4, -0.2) is 42.6 Å². The maximum absolute atomic E-state index is 11.9. The molecule has 1 aliphatic heterocycles. The molecule has 4 nitrogen and oxygen atoms in total. The van der Waals surface area contributed by atoms with E-state index >= 15 is 0 Å². The highest BCUT2D eigenvalue weighted by atomic mass is 79.9. The highest BCUT2D eigenvalue weighted by molar-refractivity contribution is 9.10. The second-order valence-corrected chi connectivity index (χ2v) is 5.44. The van der Waals surface area contributed by atoms with Gasteiger partial charge in [0.2, 0.25) is 5.91 Å². The van der Waals surface area contributed by atoms with Gasteiger partial charge in [0.25, 0.3) is 0 Å². The first kappa shape index (κ1) is 13.4. The molecule has 0 bridgehead atoms. The number of nitrogens with zero attached hydrogens (tertiary/aromatic N) is 2.